The van der Waals surface area contributed by atoms with E-state index >= 15 is 0 Å². The third-order valence-electron chi connectivity index (χ3n) is 9.11. The van der Waals surface area contributed by atoms with Gasteiger partial charge >= 0.3 is 0 Å². The largest absolute Gasteiger partial charge is 0.493 e. The van der Waals surface area contributed by atoms with Crippen LogP contribution in [0.4, 0.5) is 0 Å². The lowest BCUT2D eigenvalue weighted by Crippen LogP contribution is -2.10. The van der Waals surface area contributed by atoms with Gasteiger partial charge in [0.15, 0.2) is 46.0 Å². The van der Waals surface area contributed by atoms with Gasteiger partial charge in [-0.25, -0.2) is 0 Å². The summed E-state index contributed by atoms with van der Waals surface area (Å²) in [4.78, 5) is 0. The molecule has 4 atom stereocenters. The maximum atomic E-state index is 10.7. The second-order valence-electron chi connectivity index (χ2n) is 11.9. The van der Waals surface area contributed by atoms with Crippen molar-refractivity contribution >= 4 is 0 Å². The zero-order valence-corrected chi connectivity index (χ0v) is 26.3. The van der Waals surface area contributed by atoms with Crippen LogP contribution in [0.2, 0.25) is 0 Å². The lowest BCUT2D eigenvalue weighted by Gasteiger charge is -2.18. The minimum Gasteiger partial charge on any atom is -0.493 e. The Hall–Kier alpha value is -4.80. The van der Waals surface area contributed by atoms with Gasteiger partial charge in [0.25, 0.3) is 0 Å². The fourth-order valence-corrected chi connectivity index (χ4v) is 6.47. The molecule has 1 fully saturated rings. The molecule has 0 amide bonds. The molecule has 0 aromatic heterocycles. The van der Waals surface area contributed by atoms with Crippen molar-refractivity contribution in [2.75, 3.05) is 41.0 Å². The number of hydrogen-bond acceptors (Lipinski definition) is 10. The van der Waals surface area contributed by atoms with E-state index in [4.69, 9.17) is 37.9 Å². The van der Waals surface area contributed by atoms with Gasteiger partial charge in [-0.15, -0.1) is 0 Å². The molecule has 7 rings (SSSR count). The molecule has 4 aromatic carbocycles. The molecule has 2 aliphatic heterocycles. The number of fused-ring (bicyclic) bond motifs is 2. The first-order valence-corrected chi connectivity index (χ1v) is 15.8. The SMILES string of the molecule is COc1cc(C2CCC(c3ccc(OCC(O)c4ccc5c(c4)OCO5)c(OC)c3)C2)ccc1OCC(O)c1ccc2c(c1)OCO2. The molecule has 2 N–H and O–H groups in total. The number of aliphatic hydroxyl groups is 2. The summed E-state index contributed by atoms with van der Waals surface area (Å²) in [5, 5.41) is 21.5. The van der Waals surface area contributed by atoms with Crippen LogP contribution in [0.1, 0.15) is 65.6 Å². The zero-order valence-electron chi connectivity index (χ0n) is 26.3. The third-order valence-corrected chi connectivity index (χ3v) is 9.11. The van der Waals surface area contributed by atoms with Gasteiger partial charge in [0.1, 0.15) is 25.4 Å². The molecule has 47 heavy (non-hydrogen) atoms. The Morgan fingerprint density at radius 3 is 1.47 bits per heavy atom. The van der Waals surface area contributed by atoms with E-state index in [2.05, 4.69) is 12.1 Å². The number of ether oxygens (including phenoxy) is 8. The topological polar surface area (TPSA) is 114 Å². The Morgan fingerprint density at radius 2 is 1.02 bits per heavy atom. The molecule has 2 heterocycles. The molecule has 3 aliphatic rings. The average molecular weight is 643 g/mol. The van der Waals surface area contributed by atoms with E-state index in [9.17, 15) is 10.2 Å². The van der Waals surface area contributed by atoms with Crippen molar-refractivity contribution < 1.29 is 48.1 Å². The summed E-state index contributed by atoms with van der Waals surface area (Å²) < 4.78 is 44.9. The highest BCUT2D eigenvalue weighted by molar-refractivity contribution is 5.48. The second kappa shape index (κ2) is 13.5. The second-order valence-corrected chi connectivity index (χ2v) is 11.9. The van der Waals surface area contributed by atoms with Crippen molar-refractivity contribution in [3.05, 3.63) is 95.1 Å². The third kappa shape index (κ3) is 6.57. The standard InChI is InChI=1S/C37H38O10/c1-40-34-14-24(5-9-30(34)42-18-28(38)26-7-11-32-36(16-26)46-20-44-32)22-3-4-23(13-22)25-6-10-31(35(15-25)41-2)43-19-29(39)27-8-12-33-37(17-27)47-21-45-33/h5-12,14-17,22-23,28-29,38-39H,3-4,13,18-21H2,1-2H3. The summed E-state index contributed by atoms with van der Waals surface area (Å²) in [6, 6.07) is 22.8. The Balaban J connectivity index is 0.956. The predicted octanol–water partition coefficient (Wildman–Crippen LogP) is 6.44. The molecule has 0 spiro atoms. The van der Waals surface area contributed by atoms with Gasteiger partial charge in [-0.05, 0) is 102 Å². The summed E-state index contributed by atoms with van der Waals surface area (Å²) in [7, 11) is 3.25. The lowest BCUT2D eigenvalue weighted by molar-refractivity contribution is 0.106. The first-order chi connectivity index (χ1) is 23.0. The van der Waals surface area contributed by atoms with E-state index in [-0.39, 0.29) is 26.8 Å². The molecule has 0 radical (unpaired) electrons. The van der Waals surface area contributed by atoms with Crippen LogP contribution in [-0.4, -0.2) is 51.2 Å². The Labute approximate surface area is 273 Å². The van der Waals surface area contributed by atoms with Crippen LogP contribution in [0.25, 0.3) is 0 Å². The van der Waals surface area contributed by atoms with Crippen LogP contribution < -0.4 is 37.9 Å². The summed E-state index contributed by atoms with van der Waals surface area (Å²) in [5.74, 6) is 5.73. The average Bonchev–Trinajstić information content (AvgIpc) is 3.90. The van der Waals surface area contributed by atoms with Crippen LogP contribution in [-0.2, 0) is 0 Å². The van der Waals surface area contributed by atoms with Gasteiger partial charge in [0, 0.05) is 0 Å². The Kier molecular flexibility index (Phi) is 8.86. The Morgan fingerprint density at radius 1 is 0.574 bits per heavy atom. The Bertz CT molecular complexity index is 1600. The molecule has 1 saturated carbocycles. The van der Waals surface area contributed by atoms with E-state index in [0.717, 1.165) is 19.3 Å². The van der Waals surface area contributed by atoms with Crippen molar-refractivity contribution in [2.24, 2.45) is 0 Å². The van der Waals surface area contributed by atoms with Gasteiger partial charge in [-0.1, -0.05) is 24.3 Å². The van der Waals surface area contributed by atoms with Crippen LogP contribution in [0, 0.1) is 0 Å². The summed E-state index contributed by atoms with van der Waals surface area (Å²) in [6.45, 7) is 0.505. The highest BCUT2D eigenvalue weighted by Gasteiger charge is 2.29. The number of methoxy groups -OCH3 is 2. The molecule has 4 unspecified atom stereocenters. The number of aliphatic hydroxyl groups excluding tert-OH is 2. The van der Waals surface area contributed by atoms with E-state index in [0.29, 0.717) is 69.0 Å². The minimum absolute atomic E-state index is 0.0692. The monoisotopic (exact) mass is 642 g/mol. The normalized spacial score (nSPS) is 18.9. The minimum atomic E-state index is -0.835. The molecule has 1 aliphatic carbocycles. The van der Waals surface area contributed by atoms with Crippen molar-refractivity contribution in [1.82, 2.24) is 0 Å². The fraction of sp³-hybridized carbons (Fsp3) is 0.351. The first-order valence-electron chi connectivity index (χ1n) is 15.8. The quantitative estimate of drug-likeness (QED) is 0.179. The van der Waals surface area contributed by atoms with E-state index in [1.54, 1.807) is 38.5 Å². The summed E-state index contributed by atoms with van der Waals surface area (Å²) in [6.07, 6.45) is 1.40. The number of rotatable bonds is 12. The molecular formula is C37H38O10. The van der Waals surface area contributed by atoms with E-state index in [1.807, 2.05) is 36.4 Å². The van der Waals surface area contributed by atoms with Crippen LogP contribution in [0.5, 0.6) is 46.0 Å². The molecule has 0 bridgehead atoms. The molecule has 10 heteroatoms. The lowest BCUT2D eigenvalue weighted by atomic mass is 9.92. The van der Waals surface area contributed by atoms with Gasteiger partial charge in [0.05, 0.1) is 14.2 Å². The zero-order chi connectivity index (χ0) is 32.3. The van der Waals surface area contributed by atoms with Crippen LogP contribution in [0.3, 0.4) is 0 Å². The van der Waals surface area contributed by atoms with Gasteiger partial charge in [0.2, 0.25) is 13.6 Å². The van der Waals surface area contributed by atoms with Crippen LogP contribution in [0.15, 0.2) is 72.8 Å². The molecule has 246 valence electrons. The summed E-state index contributed by atoms with van der Waals surface area (Å²) >= 11 is 0. The summed E-state index contributed by atoms with van der Waals surface area (Å²) in [5.41, 5.74) is 3.77. The van der Waals surface area contributed by atoms with Gasteiger partial charge in [-0.2, -0.15) is 0 Å². The molecular weight excluding hydrogens is 604 g/mol. The maximum absolute atomic E-state index is 10.7. The van der Waals surface area contributed by atoms with Gasteiger partial charge in [-0.3, -0.25) is 0 Å². The van der Waals surface area contributed by atoms with Crippen molar-refractivity contribution in [1.29, 1.82) is 0 Å². The smallest absolute Gasteiger partial charge is 0.231 e. The van der Waals surface area contributed by atoms with E-state index in [1.165, 1.54) is 11.1 Å². The van der Waals surface area contributed by atoms with Crippen molar-refractivity contribution in [3.8, 4) is 46.0 Å². The highest BCUT2D eigenvalue weighted by atomic mass is 16.7. The maximum Gasteiger partial charge on any atom is 0.231 e. The van der Waals surface area contributed by atoms with E-state index < -0.39 is 12.2 Å². The van der Waals surface area contributed by atoms with Gasteiger partial charge < -0.3 is 48.1 Å². The molecule has 10 nitrogen and oxygen atoms in total. The molecule has 4 aromatic rings. The molecule has 0 saturated heterocycles. The first kappa shape index (κ1) is 30.8. The predicted molar refractivity (Wildman–Crippen MR) is 171 cm³/mol. The van der Waals surface area contributed by atoms with Crippen molar-refractivity contribution in [3.63, 3.8) is 0 Å². The number of benzene rings is 4. The van der Waals surface area contributed by atoms with Crippen molar-refractivity contribution in [2.45, 2.75) is 43.3 Å². The van der Waals surface area contributed by atoms with Crippen LogP contribution >= 0.6 is 0 Å². The fourth-order valence-electron chi connectivity index (χ4n) is 6.47. The number of hydrogen-bond donors (Lipinski definition) is 2. The highest BCUT2D eigenvalue weighted by Crippen LogP contribution is 2.47.